The van der Waals surface area contributed by atoms with Crippen molar-refractivity contribution in [1.82, 2.24) is 0 Å². The Morgan fingerprint density at radius 2 is 2.18 bits per heavy atom. The molecule has 2 rings (SSSR count). The second-order valence-electron chi connectivity index (χ2n) is 5.15. The van der Waals surface area contributed by atoms with Crippen LogP contribution >= 0.6 is 0 Å². The topological polar surface area (TPSA) is 63.3 Å². The molecule has 0 fully saturated rings. The summed E-state index contributed by atoms with van der Waals surface area (Å²) < 4.78 is 0. The molecule has 0 bridgehead atoms. The van der Waals surface area contributed by atoms with Crippen LogP contribution < -0.4 is 5.73 Å². The monoisotopic (exact) mass is 233 g/mol. The summed E-state index contributed by atoms with van der Waals surface area (Å²) in [4.78, 5) is 11.0. The van der Waals surface area contributed by atoms with Crippen molar-refractivity contribution >= 4 is 5.97 Å². The Balaban J connectivity index is 2.34. The first-order chi connectivity index (χ1) is 8.00. The number of benzene rings is 1. The molecule has 92 valence electrons. The molecule has 0 saturated carbocycles. The van der Waals surface area contributed by atoms with Crippen molar-refractivity contribution < 1.29 is 9.90 Å². The highest BCUT2D eigenvalue weighted by Gasteiger charge is 2.27. The van der Waals surface area contributed by atoms with E-state index in [1.807, 2.05) is 19.1 Å². The maximum atomic E-state index is 11.0. The van der Waals surface area contributed by atoms with Gasteiger partial charge in [0.25, 0.3) is 0 Å². The normalized spacial score (nSPS) is 21.9. The Bertz CT molecular complexity index is 442. The maximum Gasteiger partial charge on any atom is 0.321 e. The van der Waals surface area contributed by atoms with E-state index in [-0.39, 0.29) is 5.92 Å². The summed E-state index contributed by atoms with van der Waals surface area (Å²) in [6, 6.07) is 5.35. The molecule has 1 aromatic carbocycles. The summed E-state index contributed by atoms with van der Waals surface area (Å²) in [7, 11) is 0. The lowest BCUT2D eigenvalue weighted by molar-refractivity contribution is -0.139. The molecule has 0 heterocycles. The zero-order chi connectivity index (χ0) is 12.6. The molecule has 0 spiro atoms. The zero-order valence-electron chi connectivity index (χ0n) is 10.3. The van der Waals surface area contributed by atoms with Crippen LogP contribution in [0.3, 0.4) is 0 Å². The molecule has 3 atom stereocenters. The van der Waals surface area contributed by atoms with E-state index in [4.69, 9.17) is 10.8 Å². The summed E-state index contributed by atoms with van der Waals surface area (Å²) in [5.41, 5.74) is 9.52. The van der Waals surface area contributed by atoms with Gasteiger partial charge in [0.2, 0.25) is 0 Å². The highest BCUT2D eigenvalue weighted by molar-refractivity contribution is 5.74. The number of hydrogen-bond acceptors (Lipinski definition) is 2. The molecule has 3 nitrogen and oxygen atoms in total. The number of carboxylic acid groups (broad SMARTS) is 1. The molecule has 3 heteroatoms. The van der Waals surface area contributed by atoms with Gasteiger partial charge in [-0.1, -0.05) is 32.0 Å². The highest BCUT2D eigenvalue weighted by atomic mass is 16.4. The first-order valence-corrected chi connectivity index (χ1v) is 6.09. The third-order valence-corrected chi connectivity index (χ3v) is 3.74. The predicted octanol–water partition coefficient (Wildman–Crippen LogP) is 1.94. The summed E-state index contributed by atoms with van der Waals surface area (Å²) in [5.74, 6) is -0.409. The van der Waals surface area contributed by atoms with Gasteiger partial charge in [0.05, 0.1) is 0 Å². The third-order valence-electron chi connectivity index (χ3n) is 3.74. The van der Waals surface area contributed by atoms with Crippen LogP contribution in [0.25, 0.3) is 0 Å². The molecule has 0 aliphatic heterocycles. The fourth-order valence-electron chi connectivity index (χ4n) is 2.72. The molecule has 0 aromatic heterocycles. The number of hydrogen-bond donors (Lipinski definition) is 2. The minimum absolute atomic E-state index is 0.132. The van der Waals surface area contributed by atoms with Crippen molar-refractivity contribution in [3.8, 4) is 0 Å². The first kappa shape index (κ1) is 12.1. The van der Waals surface area contributed by atoms with Crippen LogP contribution in [0.4, 0.5) is 0 Å². The lowest BCUT2D eigenvalue weighted by Crippen LogP contribution is -2.35. The predicted molar refractivity (Wildman–Crippen MR) is 67.0 cm³/mol. The van der Waals surface area contributed by atoms with E-state index in [9.17, 15) is 4.79 Å². The molecule has 0 saturated heterocycles. The second kappa shape index (κ2) is 4.49. The standard InChI is InChI=1S/C14H19NO2/c1-8-6-10-4-3-5-11(12(10)7-8)9(2)13(15)14(16)17/h3-5,8-9,13H,6-7,15H2,1-2H3,(H,16,17)/t8?,9-,13+/m1/s1. The Morgan fingerprint density at radius 3 is 2.82 bits per heavy atom. The number of carbonyl (C=O) groups is 1. The van der Waals surface area contributed by atoms with Crippen LogP contribution in [0.2, 0.25) is 0 Å². The maximum absolute atomic E-state index is 11.0. The molecule has 0 amide bonds. The zero-order valence-corrected chi connectivity index (χ0v) is 10.3. The van der Waals surface area contributed by atoms with Crippen LogP contribution in [-0.4, -0.2) is 17.1 Å². The number of rotatable bonds is 3. The van der Waals surface area contributed by atoms with E-state index in [0.29, 0.717) is 5.92 Å². The average molecular weight is 233 g/mol. The Morgan fingerprint density at radius 1 is 1.47 bits per heavy atom. The second-order valence-corrected chi connectivity index (χ2v) is 5.15. The van der Waals surface area contributed by atoms with E-state index in [0.717, 1.165) is 18.4 Å². The SMILES string of the molecule is CC1Cc2cccc([C@@H](C)[C@H](N)C(=O)O)c2C1. The van der Waals surface area contributed by atoms with Crippen LogP contribution in [0, 0.1) is 5.92 Å². The smallest absolute Gasteiger partial charge is 0.321 e. The number of nitrogens with two attached hydrogens (primary N) is 1. The van der Waals surface area contributed by atoms with Crippen molar-refractivity contribution in [2.75, 3.05) is 0 Å². The molecular formula is C14H19NO2. The lowest BCUT2D eigenvalue weighted by atomic mass is 9.88. The quantitative estimate of drug-likeness (QED) is 0.838. The Labute approximate surface area is 102 Å². The van der Waals surface area contributed by atoms with Crippen molar-refractivity contribution in [1.29, 1.82) is 0 Å². The molecule has 3 N–H and O–H groups in total. The Hall–Kier alpha value is -1.35. The molecule has 17 heavy (non-hydrogen) atoms. The van der Waals surface area contributed by atoms with E-state index in [1.54, 1.807) is 0 Å². The Kier molecular flexibility index (Phi) is 3.20. The number of fused-ring (bicyclic) bond motifs is 1. The molecule has 1 aliphatic rings. The van der Waals surface area contributed by atoms with E-state index in [1.165, 1.54) is 11.1 Å². The minimum atomic E-state index is -0.929. The van der Waals surface area contributed by atoms with Crippen LogP contribution in [0.5, 0.6) is 0 Å². The van der Waals surface area contributed by atoms with E-state index >= 15 is 0 Å². The van der Waals surface area contributed by atoms with Crippen molar-refractivity contribution in [3.05, 3.63) is 34.9 Å². The minimum Gasteiger partial charge on any atom is -0.480 e. The fourth-order valence-corrected chi connectivity index (χ4v) is 2.72. The number of carboxylic acids is 1. The van der Waals surface area contributed by atoms with Gasteiger partial charge in [-0.2, -0.15) is 0 Å². The summed E-state index contributed by atoms with van der Waals surface area (Å²) >= 11 is 0. The third kappa shape index (κ3) is 2.20. The molecule has 1 aliphatic carbocycles. The lowest BCUT2D eigenvalue weighted by Gasteiger charge is -2.19. The van der Waals surface area contributed by atoms with Crippen molar-refractivity contribution in [2.45, 2.75) is 38.6 Å². The fraction of sp³-hybridized carbons (Fsp3) is 0.500. The largest absolute Gasteiger partial charge is 0.480 e. The van der Waals surface area contributed by atoms with Crippen LogP contribution in [0.1, 0.15) is 36.5 Å². The number of aliphatic carboxylic acids is 1. The molecule has 1 aromatic rings. The van der Waals surface area contributed by atoms with Crippen molar-refractivity contribution in [2.24, 2.45) is 11.7 Å². The van der Waals surface area contributed by atoms with Gasteiger partial charge >= 0.3 is 5.97 Å². The van der Waals surface area contributed by atoms with Gasteiger partial charge < -0.3 is 10.8 Å². The van der Waals surface area contributed by atoms with Gasteiger partial charge in [-0.05, 0) is 35.4 Å². The van der Waals surface area contributed by atoms with E-state index < -0.39 is 12.0 Å². The van der Waals surface area contributed by atoms with Gasteiger partial charge in [0.15, 0.2) is 0 Å². The summed E-state index contributed by atoms with van der Waals surface area (Å²) in [6.07, 6.45) is 2.14. The molecule has 0 radical (unpaired) electrons. The van der Waals surface area contributed by atoms with Crippen LogP contribution in [0.15, 0.2) is 18.2 Å². The van der Waals surface area contributed by atoms with Crippen LogP contribution in [-0.2, 0) is 17.6 Å². The van der Waals surface area contributed by atoms with Gasteiger partial charge in [-0.25, -0.2) is 0 Å². The average Bonchev–Trinajstić information content (AvgIpc) is 2.66. The van der Waals surface area contributed by atoms with Gasteiger partial charge in [0.1, 0.15) is 6.04 Å². The molecular weight excluding hydrogens is 214 g/mol. The summed E-state index contributed by atoms with van der Waals surface area (Å²) in [5, 5.41) is 8.99. The summed E-state index contributed by atoms with van der Waals surface area (Å²) in [6.45, 7) is 4.13. The van der Waals surface area contributed by atoms with Gasteiger partial charge in [-0.3, -0.25) is 4.79 Å². The van der Waals surface area contributed by atoms with Crippen molar-refractivity contribution in [3.63, 3.8) is 0 Å². The highest BCUT2D eigenvalue weighted by Crippen LogP contribution is 2.33. The van der Waals surface area contributed by atoms with E-state index in [2.05, 4.69) is 13.0 Å². The molecule has 1 unspecified atom stereocenters. The first-order valence-electron chi connectivity index (χ1n) is 6.09. The van der Waals surface area contributed by atoms with Gasteiger partial charge in [0, 0.05) is 5.92 Å². The van der Waals surface area contributed by atoms with Gasteiger partial charge in [-0.15, -0.1) is 0 Å².